The summed E-state index contributed by atoms with van der Waals surface area (Å²) in [5, 5.41) is 11.6. The summed E-state index contributed by atoms with van der Waals surface area (Å²) in [5.74, 6) is 0.0993. The van der Waals surface area contributed by atoms with Crippen molar-refractivity contribution < 1.29 is 14.0 Å². The number of hydrogen-bond donors (Lipinski definition) is 2. The van der Waals surface area contributed by atoms with Crippen molar-refractivity contribution in [2.24, 2.45) is 5.10 Å². The van der Waals surface area contributed by atoms with Crippen molar-refractivity contribution in [3.63, 3.8) is 0 Å². The van der Waals surface area contributed by atoms with Gasteiger partial charge in [0.1, 0.15) is 17.3 Å². The van der Waals surface area contributed by atoms with Crippen LogP contribution in [0.2, 0.25) is 0 Å². The zero-order valence-corrected chi connectivity index (χ0v) is 16.1. The van der Waals surface area contributed by atoms with Gasteiger partial charge >= 0.3 is 0 Å². The molecule has 7 nitrogen and oxygen atoms in total. The molecule has 2 aromatic rings. The van der Waals surface area contributed by atoms with Crippen LogP contribution in [-0.2, 0) is 16.1 Å². The lowest BCUT2D eigenvalue weighted by molar-refractivity contribution is -0.132. The Labute approximate surface area is 169 Å². The molecule has 1 aromatic heterocycles. The average molecular weight is 397 g/mol. The Morgan fingerprint density at radius 3 is 2.62 bits per heavy atom. The minimum Gasteiger partial charge on any atom is -0.370 e. The van der Waals surface area contributed by atoms with Crippen LogP contribution in [0.25, 0.3) is 0 Å². The Bertz CT molecular complexity index is 855. The monoisotopic (exact) mass is 397 g/mol. The number of rotatable bonds is 9. The van der Waals surface area contributed by atoms with Gasteiger partial charge in [-0.25, -0.2) is 14.4 Å². The van der Waals surface area contributed by atoms with E-state index in [1.807, 2.05) is 18.2 Å². The van der Waals surface area contributed by atoms with E-state index in [1.165, 1.54) is 17.1 Å². The molecule has 0 atom stereocenters. The summed E-state index contributed by atoms with van der Waals surface area (Å²) in [6.45, 7) is 1.52. The number of anilines is 1. The lowest BCUT2D eigenvalue weighted by Crippen LogP contribution is -2.39. The molecular formula is C21H24FN5O2. The fourth-order valence-electron chi connectivity index (χ4n) is 2.89. The molecule has 0 saturated carbocycles. The Hall–Kier alpha value is -3.29. The molecule has 8 heteroatoms. The number of benzene rings is 1. The third-order valence-electron chi connectivity index (χ3n) is 4.47. The maximum absolute atomic E-state index is 13.0. The summed E-state index contributed by atoms with van der Waals surface area (Å²) < 4.78 is 13.0. The van der Waals surface area contributed by atoms with Crippen molar-refractivity contribution in [2.75, 3.05) is 18.4 Å². The van der Waals surface area contributed by atoms with Gasteiger partial charge in [-0.1, -0.05) is 18.2 Å². The Kier molecular flexibility index (Phi) is 7.27. The molecule has 0 spiro atoms. The Morgan fingerprint density at radius 2 is 1.86 bits per heavy atom. The van der Waals surface area contributed by atoms with Gasteiger partial charge in [-0.05, 0) is 42.7 Å². The summed E-state index contributed by atoms with van der Waals surface area (Å²) in [7, 11) is 0. The van der Waals surface area contributed by atoms with Crippen LogP contribution in [0, 0.1) is 5.82 Å². The number of hydrogen-bond acceptors (Lipinski definition) is 5. The van der Waals surface area contributed by atoms with Crippen molar-refractivity contribution >= 4 is 23.3 Å². The van der Waals surface area contributed by atoms with Crippen LogP contribution < -0.4 is 10.6 Å². The van der Waals surface area contributed by atoms with E-state index in [-0.39, 0.29) is 30.6 Å². The summed E-state index contributed by atoms with van der Waals surface area (Å²) >= 11 is 0. The Morgan fingerprint density at radius 1 is 1.07 bits per heavy atom. The van der Waals surface area contributed by atoms with Crippen LogP contribution in [0.15, 0.2) is 53.8 Å². The number of pyridine rings is 1. The number of carbonyl (C=O) groups excluding carboxylic acids is 2. The van der Waals surface area contributed by atoms with Gasteiger partial charge in [-0.15, -0.1) is 0 Å². The number of nitrogens with one attached hydrogen (secondary N) is 2. The first-order chi connectivity index (χ1) is 14.1. The second-order valence-corrected chi connectivity index (χ2v) is 6.73. The quantitative estimate of drug-likeness (QED) is 0.637. The normalized spacial score (nSPS) is 13.8. The summed E-state index contributed by atoms with van der Waals surface area (Å²) in [4.78, 5) is 28.6. The van der Waals surface area contributed by atoms with Crippen molar-refractivity contribution in [3.8, 4) is 0 Å². The van der Waals surface area contributed by atoms with Gasteiger partial charge in [0.15, 0.2) is 0 Å². The number of carbonyl (C=O) groups is 2. The van der Waals surface area contributed by atoms with Crippen molar-refractivity contribution in [3.05, 3.63) is 60.0 Å². The van der Waals surface area contributed by atoms with Gasteiger partial charge in [0.25, 0.3) is 5.91 Å². The van der Waals surface area contributed by atoms with Crippen molar-refractivity contribution in [2.45, 2.75) is 32.2 Å². The first kappa shape index (κ1) is 20.4. The highest BCUT2D eigenvalue weighted by molar-refractivity contribution is 6.39. The predicted octanol–water partition coefficient (Wildman–Crippen LogP) is 2.71. The molecule has 2 amide bonds. The van der Waals surface area contributed by atoms with E-state index in [1.54, 1.807) is 18.3 Å². The molecule has 152 valence electrons. The summed E-state index contributed by atoms with van der Waals surface area (Å²) in [5.41, 5.74) is 1.10. The minimum atomic E-state index is -0.336. The molecule has 1 aliphatic heterocycles. The van der Waals surface area contributed by atoms with E-state index in [2.05, 4.69) is 20.7 Å². The smallest absolute Gasteiger partial charge is 0.267 e. The largest absolute Gasteiger partial charge is 0.370 e. The fraction of sp³-hybridized carbons (Fsp3) is 0.333. The molecule has 2 heterocycles. The maximum Gasteiger partial charge on any atom is 0.267 e. The molecule has 0 unspecified atom stereocenters. The van der Waals surface area contributed by atoms with E-state index < -0.39 is 0 Å². The molecular weight excluding hydrogens is 373 g/mol. The lowest BCUT2D eigenvalue weighted by atomic mass is 10.1. The van der Waals surface area contributed by atoms with Gasteiger partial charge in [-0.2, -0.15) is 5.10 Å². The van der Waals surface area contributed by atoms with Crippen LogP contribution >= 0.6 is 0 Å². The number of halogens is 1. The molecule has 0 aliphatic carbocycles. The molecule has 29 heavy (non-hydrogen) atoms. The van der Waals surface area contributed by atoms with E-state index in [0.717, 1.165) is 30.8 Å². The highest BCUT2D eigenvalue weighted by Gasteiger charge is 2.24. The van der Waals surface area contributed by atoms with Crippen LogP contribution in [0.3, 0.4) is 0 Å². The lowest BCUT2D eigenvalue weighted by Gasteiger charge is -2.23. The molecule has 0 radical (unpaired) electrons. The van der Waals surface area contributed by atoms with Crippen LogP contribution in [0.1, 0.15) is 31.2 Å². The third kappa shape index (κ3) is 6.38. The highest BCUT2D eigenvalue weighted by atomic mass is 19.1. The van der Waals surface area contributed by atoms with Gasteiger partial charge in [0.2, 0.25) is 5.91 Å². The predicted molar refractivity (Wildman–Crippen MR) is 109 cm³/mol. The summed E-state index contributed by atoms with van der Waals surface area (Å²) in [6.07, 6.45) is 4.00. The molecule has 0 fully saturated rings. The van der Waals surface area contributed by atoms with E-state index in [9.17, 15) is 14.0 Å². The summed E-state index contributed by atoms with van der Waals surface area (Å²) in [6, 6.07) is 11.6. The number of nitrogens with zero attached hydrogens (tertiary/aromatic N) is 3. The number of aromatic nitrogens is 1. The molecule has 2 N–H and O–H groups in total. The zero-order valence-electron chi connectivity index (χ0n) is 16.1. The highest BCUT2D eigenvalue weighted by Crippen LogP contribution is 2.14. The van der Waals surface area contributed by atoms with E-state index in [4.69, 9.17) is 0 Å². The Balaban J connectivity index is 1.42. The number of amides is 2. The average Bonchev–Trinajstić information content (AvgIpc) is 2.74. The minimum absolute atomic E-state index is 0.147. The first-order valence-electron chi connectivity index (χ1n) is 9.67. The van der Waals surface area contributed by atoms with Gasteiger partial charge in [-0.3, -0.25) is 9.59 Å². The first-order valence-corrected chi connectivity index (χ1v) is 9.67. The van der Waals surface area contributed by atoms with E-state index in [0.29, 0.717) is 18.7 Å². The molecule has 0 saturated heterocycles. The second-order valence-electron chi connectivity index (χ2n) is 6.73. The van der Waals surface area contributed by atoms with Crippen LogP contribution in [0.4, 0.5) is 10.2 Å². The van der Waals surface area contributed by atoms with Crippen LogP contribution in [-0.4, -0.2) is 40.6 Å². The van der Waals surface area contributed by atoms with Gasteiger partial charge in [0.05, 0.1) is 6.54 Å². The number of hydrazone groups is 1. The van der Waals surface area contributed by atoms with Crippen molar-refractivity contribution in [1.29, 1.82) is 0 Å². The molecule has 0 bridgehead atoms. The van der Waals surface area contributed by atoms with Crippen molar-refractivity contribution in [1.82, 2.24) is 15.3 Å². The van der Waals surface area contributed by atoms with Gasteiger partial charge < -0.3 is 10.6 Å². The second kappa shape index (κ2) is 10.3. The SMILES string of the molecule is O=C(NCCCCNc1ccccn1)C1=NN(Cc2ccc(F)cc2)C(=O)CC1. The van der Waals surface area contributed by atoms with E-state index >= 15 is 0 Å². The van der Waals surface area contributed by atoms with Crippen LogP contribution in [0.5, 0.6) is 0 Å². The molecule has 1 aromatic carbocycles. The zero-order chi connectivity index (χ0) is 20.5. The standard InChI is InChI=1S/C21H24FN5O2/c22-17-8-6-16(7-9-17)15-27-20(28)11-10-18(26-27)21(29)25-14-4-3-13-24-19-5-1-2-12-23-19/h1-2,5-9,12H,3-4,10-11,13-15H2,(H,23,24)(H,25,29). The third-order valence-corrected chi connectivity index (χ3v) is 4.47. The molecule has 3 rings (SSSR count). The van der Waals surface area contributed by atoms with Gasteiger partial charge in [0, 0.05) is 32.1 Å². The number of unbranched alkanes of at least 4 members (excludes halogenated alkanes) is 1. The molecule has 1 aliphatic rings. The fourth-order valence-corrected chi connectivity index (χ4v) is 2.89. The topological polar surface area (TPSA) is 86.7 Å². The maximum atomic E-state index is 13.0.